The van der Waals surface area contributed by atoms with Gasteiger partial charge in [0.25, 0.3) is 0 Å². The second kappa shape index (κ2) is 9.36. The number of aromatic nitrogens is 2. The molecule has 1 aromatic heterocycles. The molecule has 1 N–H and O–H groups in total. The Balaban J connectivity index is 1.56. The van der Waals surface area contributed by atoms with Crippen LogP contribution in [0.2, 0.25) is 0 Å². The molecule has 1 unspecified atom stereocenters. The summed E-state index contributed by atoms with van der Waals surface area (Å²) in [5.74, 6) is -1.49. The lowest BCUT2D eigenvalue weighted by molar-refractivity contribution is -0.138. The summed E-state index contributed by atoms with van der Waals surface area (Å²) in [6.45, 7) is 2.60. The molecule has 0 spiro atoms. The number of aryl methyl sites for hydroxylation is 1. The number of hydrogen-bond donors (Lipinski definition) is 1. The van der Waals surface area contributed by atoms with Gasteiger partial charge in [-0.05, 0) is 41.0 Å². The van der Waals surface area contributed by atoms with Crippen LogP contribution in [0.5, 0.6) is 0 Å². The quantitative estimate of drug-likeness (QED) is 0.312. The van der Waals surface area contributed by atoms with E-state index in [0.29, 0.717) is 13.0 Å². The number of aliphatic carboxylic acids is 1. The van der Waals surface area contributed by atoms with E-state index in [9.17, 15) is 9.90 Å². The molecule has 4 heteroatoms. The van der Waals surface area contributed by atoms with Crippen molar-refractivity contribution in [2.45, 2.75) is 25.8 Å². The highest BCUT2D eigenvalue weighted by Crippen LogP contribution is 2.29. The van der Waals surface area contributed by atoms with Crippen molar-refractivity contribution in [1.29, 1.82) is 0 Å². The molecule has 5 aromatic rings. The van der Waals surface area contributed by atoms with Gasteiger partial charge < -0.3 is 5.11 Å². The van der Waals surface area contributed by atoms with Crippen molar-refractivity contribution < 1.29 is 9.90 Å². The molecule has 0 saturated heterocycles. The predicted molar refractivity (Wildman–Crippen MR) is 136 cm³/mol. The van der Waals surface area contributed by atoms with Gasteiger partial charge in [0.2, 0.25) is 0 Å². The molecule has 1 heterocycles. The lowest BCUT2D eigenvalue weighted by Gasteiger charge is -2.12. The molecular weight excluding hydrogens is 420 g/mol. The van der Waals surface area contributed by atoms with E-state index < -0.39 is 11.9 Å². The van der Waals surface area contributed by atoms with Crippen molar-refractivity contribution in [2.75, 3.05) is 0 Å². The second-order valence-corrected chi connectivity index (χ2v) is 8.74. The minimum absolute atomic E-state index is 0.334. The summed E-state index contributed by atoms with van der Waals surface area (Å²) in [6, 6.07) is 34.7. The maximum absolute atomic E-state index is 12.2. The largest absolute Gasteiger partial charge is 0.481 e. The second-order valence-electron chi connectivity index (χ2n) is 8.74. The van der Waals surface area contributed by atoms with Crippen LogP contribution in [0.15, 0.2) is 103 Å². The van der Waals surface area contributed by atoms with Crippen molar-refractivity contribution in [1.82, 2.24) is 9.78 Å². The Bertz CT molecular complexity index is 1450. The molecule has 0 aliphatic rings. The van der Waals surface area contributed by atoms with E-state index in [1.807, 2.05) is 72.3 Å². The molecule has 0 bridgehead atoms. The summed E-state index contributed by atoms with van der Waals surface area (Å²) in [5, 5.41) is 17.2. The maximum Gasteiger partial charge on any atom is 0.311 e. The van der Waals surface area contributed by atoms with E-state index in [-0.39, 0.29) is 0 Å². The third-order valence-corrected chi connectivity index (χ3v) is 6.21. The van der Waals surface area contributed by atoms with Crippen LogP contribution >= 0.6 is 0 Å². The first-order chi connectivity index (χ1) is 16.6. The van der Waals surface area contributed by atoms with Crippen LogP contribution in [0.3, 0.4) is 0 Å². The van der Waals surface area contributed by atoms with Crippen LogP contribution in [0.1, 0.15) is 28.3 Å². The van der Waals surface area contributed by atoms with Crippen molar-refractivity contribution in [3.63, 3.8) is 0 Å². The van der Waals surface area contributed by atoms with Crippen molar-refractivity contribution in [2.24, 2.45) is 0 Å². The molecule has 0 saturated carbocycles. The van der Waals surface area contributed by atoms with Crippen LogP contribution in [0, 0.1) is 6.92 Å². The number of nitrogens with zero attached hydrogens (tertiary/aromatic N) is 2. The first kappa shape index (κ1) is 21.7. The van der Waals surface area contributed by atoms with Gasteiger partial charge in [0.15, 0.2) is 0 Å². The average molecular weight is 447 g/mol. The molecule has 168 valence electrons. The lowest BCUT2D eigenvalue weighted by Crippen LogP contribution is -2.15. The highest BCUT2D eigenvalue weighted by Gasteiger charge is 2.23. The monoisotopic (exact) mass is 446 g/mol. The van der Waals surface area contributed by atoms with Gasteiger partial charge in [-0.1, -0.05) is 96.6 Å². The fourth-order valence-corrected chi connectivity index (χ4v) is 4.47. The number of carboxylic acid groups (broad SMARTS) is 1. The van der Waals surface area contributed by atoms with E-state index in [1.54, 1.807) is 0 Å². The molecule has 0 radical (unpaired) electrons. The number of rotatable bonds is 7. The van der Waals surface area contributed by atoms with Gasteiger partial charge in [0, 0.05) is 12.0 Å². The summed E-state index contributed by atoms with van der Waals surface area (Å²) in [4.78, 5) is 12.2. The first-order valence-corrected chi connectivity index (χ1v) is 11.5. The van der Waals surface area contributed by atoms with Crippen LogP contribution in [-0.4, -0.2) is 20.9 Å². The number of carbonyl (C=O) groups is 1. The molecule has 0 aliphatic carbocycles. The third kappa shape index (κ3) is 4.62. The van der Waals surface area contributed by atoms with Crippen molar-refractivity contribution >= 4 is 16.7 Å². The third-order valence-electron chi connectivity index (χ3n) is 6.21. The normalized spacial score (nSPS) is 12.0. The van der Waals surface area contributed by atoms with Gasteiger partial charge >= 0.3 is 5.97 Å². The lowest BCUT2D eigenvalue weighted by atomic mass is 9.93. The molecule has 0 aliphatic heterocycles. The number of benzene rings is 4. The predicted octanol–water partition coefficient (Wildman–Crippen LogP) is 6.47. The van der Waals surface area contributed by atoms with Gasteiger partial charge in [-0.3, -0.25) is 9.48 Å². The molecule has 0 amide bonds. The van der Waals surface area contributed by atoms with Crippen LogP contribution in [0.4, 0.5) is 0 Å². The first-order valence-electron chi connectivity index (χ1n) is 11.5. The highest BCUT2D eigenvalue weighted by molar-refractivity contribution is 5.87. The van der Waals surface area contributed by atoms with Crippen LogP contribution < -0.4 is 0 Å². The summed E-state index contributed by atoms with van der Waals surface area (Å²) in [5.41, 5.74) is 5.82. The molecule has 5 rings (SSSR count). The summed E-state index contributed by atoms with van der Waals surface area (Å²) in [6.07, 6.45) is 0.334. The molecule has 4 nitrogen and oxygen atoms in total. The fraction of sp³-hybridized carbons (Fsp3) is 0.133. The van der Waals surface area contributed by atoms with Crippen molar-refractivity contribution in [3.05, 3.63) is 126 Å². The Morgan fingerprint density at radius 3 is 2.38 bits per heavy atom. The minimum Gasteiger partial charge on any atom is -0.481 e. The molecule has 0 fully saturated rings. The Morgan fingerprint density at radius 2 is 1.62 bits per heavy atom. The smallest absolute Gasteiger partial charge is 0.311 e. The van der Waals surface area contributed by atoms with E-state index in [1.165, 1.54) is 5.39 Å². The summed E-state index contributed by atoms with van der Waals surface area (Å²) < 4.78 is 1.99. The Morgan fingerprint density at radius 1 is 0.853 bits per heavy atom. The van der Waals surface area contributed by atoms with Crippen LogP contribution in [0.25, 0.3) is 22.0 Å². The van der Waals surface area contributed by atoms with E-state index in [2.05, 4.69) is 42.5 Å². The standard InChI is InChI=1S/C30H26N2O2/c1-21-8-7-13-25(16-21)28(30(33)34)18-27-19-29(32(31-27)20-22-9-3-2-4-10-22)26-15-14-23-11-5-6-12-24(23)17-26/h2-17,19,28H,18,20H2,1H3,(H,33,34). The van der Waals surface area contributed by atoms with E-state index in [4.69, 9.17) is 5.10 Å². The fourth-order valence-electron chi connectivity index (χ4n) is 4.47. The average Bonchev–Trinajstić information content (AvgIpc) is 3.25. The molecule has 1 atom stereocenters. The molecule has 4 aromatic carbocycles. The zero-order valence-corrected chi connectivity index (χ0v) is 19.1. The summed E-state index contributed by atoms with van der Waals surface area (Å²) in [7, 11) is 0. The van der Waals surface area contributed by atoms with Gasteiger partial charge in [-0.2, -0.15) is 5.10 Å². The maximum atomic E-state index is 12.2. The topological polar surface area (TPSA) is 55.1 Å². The summed E-state index contributed by atoms with van der Waals surface area (Å²) >= 11 is 0. The Hall–Kier alpha value is -4.18. The number of fused-ring (bicyclic) bond motifs is 1. The Kier molecular flexibility index (Phi) is 5.96. The highest BCUT2D eigenvalue weighted by atomic mass is 16.4. The molecule has 34 heavy (non-hydrogen) atoms. The minimum atomic E-state index is -0.838. The molecular formula is C30H26N2O2. The van der Waals surface area contributed by atoms with Gasteiger partial charge in [-0.25, -0.2) is 0 Å². The van der Waals surface area contributed by atoms with Gasteiger partial charge in [0.1, 0.15) is 0 Å². The van der Waals surface area contributed by atoms with E-state index in [0.717, 1.165) is 39.0 Å². The van der Waals surface area contributed by atoms with Gasteiger partial charge in [0.05, 0.1) is 23.9 Å². The number of carboxylic acids is 1. The van der Waals surface area contributed by atoms with E-state index >= 15 is 0 Å². The van der Waals surface area contributed by atoms with Crippen LogP contribution in [-0.2, 0) is 17.8 Å². The Labute approximate surface area is 199 Å². The number of hydrogen-bond acceptors (Lipinski definition) is 2. The zero-order valence-electron chi connectivity index (χ0n) is 19.1. The van der Waals surface area contributed by atoms with Gasteiger partial charge in [-0.15, -0.1) is 0 Å². The SMILES string of the molecule is Cc1cccc(C(Cc2cc(-c3ccc4ccccc4c3)n(Cc3ccccc3)n2)C(=O)O)c1. The van der Waals surface area contributed by atoms with Crippen molar-refractivity contribution in [3.8, 4) is 11.3 Å². The zero-order chi connectivity index (χ0) is 23.5.